The van der Waals surface area contributed by atoms with Crippen molar-refractivity contribution in [1.82, 2.24) is 10.3 Å². The summed E-state index contributed by atoms with van der Waals surface area (Å²) in [5, 5.41) is 3.28. The highest BCUT2D eigenvalue weighted by Gasteiger charge is 2.50. The van der Waals surface area contributed by atoms with E-state index in [9.17, 15) is 14.4 Å². The predicted molar refractivity (Wildman–Crippen MR) is 108 cm³/mol. The molecular weight excluding hydrogens is 384 g/mol. The minimum Gasteiger partial charge on any atom is -0.456 e. The van der Waals surface area contributed by atoms with Crippen LogP contribution in [0.4, 0.5) is 0 Å². The normalized spacial score (nSPS) is 18.3. The number of nitrogens with one attached hydrogen (secondary N) is 1. The Morgan fingerprint density at radius 1 is 1.03 bits per heavy atom. The van der Waals surface area contributed by atoms with E-state index in [4.69, 9.17) is 9.47 Å². The van der Waals surface area contributed by atoms with Gasteiger partial charge in [-0.15, -0.1) is 0 Å². The lowest BCUT2D eigenvalue weighted by Crippen LogP contribution is -2.33. The standard InChI is InChI=1S/C23H18N2O5/c1-14(26)29-19-20(27)23(2,17-12-13-24-18-11-7-6-10-16(17)18)30-22(19)25-21(28)15-8-4-3-5-9-15/h3-13H,1-2H3,(H,25,28). The molecule has 7 nitrogen and oxygen atoms in total. The van der Waals surface area contributed by atoms with E-state index in [2.05, 4.69) is 10.3 Å². The average molecular weight is 402 g/mol. The number of carbonyl (C=O) groups excluding carboxylic acids is 3. The number of rotatable bonds is 4. The van der Waals surface area contributed by atoms with Crippen LogP contribution < -0.4 is 5.32 Å². The van der Waals surface area contributed by atoms with Crippen LogP contribution in [-0.4, -0.2) is 22.6 Å². The highest BCUT2D eigenvalue weighted by atomic mass is 16.6. The smallest absolute Gasteiger partial charge is 0.308 e. The molecule has 150 valence electrons. The zero-order valence-electron chi connectivity index (χ0n) is 16.3. The van der Waals surface area contributed by atoms with Crippen molar-refractivity contribution in [2.75, 3.05) is 0 Å². The Morgan fingerprint density at radius 2 is 1.73 bits per heavy atom. The van der Waals surface area contributed by atoms with E-state index in [1.165, 1.54) is 6.92 Å². The summed E-state index contributed by atoms with van der Waals surface area (Å²) in [7, 11) is 0. The van der Waals surface area contributed by atoms with Crippen LogP contribution in [0.15, 0.2) is 78.5 Å². The Labute approximate surface area is 172 Å². The number of fused-ring (bicyclic) bond motifs is 1. The Kier molecular flexibility index (Phi) is 4.79. The third kappa shape index (κ3) is 3.30. The number of benzene rings is 2. The summed E-state index contributed by atoms with van der Waals surface area (Å²) in [6.07, 6.45) is 1.58. The van der Waals surface area contributed by atoms with Gasteiger partial charge in [-0.25, -0.2) is 0 Å². The maximum absolute atomic E-state index is 13.3. The van der Waals surface area contributed by atoms with Crippen LogP contribution in [0.5, 0.6) is 0 Å². The van der Waals surface area contributed by atoms with Crippen LogP contribution in [-0.2, 0) is 24.7 Å². The number of aromatic nitrogens is 1. The van der Waals surface area contributed by atoms with Crippen molar-refractivity contribution >= 4 is 28.6 Å². The first kappa shape index (κ1) is 19.3. The second kappa shape index (κ2) is 7.44. The summed E-state index contributed by atoms with van der Waals surface area (Å²) >= 11 is 0. The molecule has 0 spiro atoms. The van der Waals surface area contributed by atoms with Crippen molar-refractivity contribution in [3.05, 3.63) is 89.6 Å². The molecule has 0 saturated heterocycles. The summed E-state index contributed by atoms with van der Waals surface area (Å²) in [5.74, 6) is -2.30. The van der Waals surface area contributed by atoms with Gasteiger partial charge in [-0.2, -0.15) is 0 Å². The van der Waals surface area contributed by atoms with Crippen LogP contribution in [0.3, 0.4) is 0 Å². The molecule has 1 N–H and O–H groups in total. The summed E-state index contributed by atoms with van der Waals surface area (Å²) in [4.78, 5) is 41.8. The van der Waals surface area contributed by atoms with Crippen LogP contribution >= 0.6 is 0 Å². The molecule has 2 aromatic carbocycles. The van der Waals surface area contributed by atoms with Crippen LogP contribution in [0.25, 0.3) is 10.9 Å². The van der Waals surface area contributed by atoms with Gasteiger partial charge in [0.1, 0.15) is 0 Å². The topological polar surface area (TPSA) is 94.6 Å². The van der Waals surface area contributed by atoms with Gasteiger partial charge in [0.15, 0.2) is 5.60 Å². The zero-order chi connectivity index (χ0) is 21.3. The van der Waals surface area contributed by atoms with E-state index in [0.29, 0.717) is 22.0 Å². The SMILES string of the molecule is CC(=O)OC1=C(NC(=O)c2ccccc2)OC(C)(c2ccnc3ccccc23)C1=O. The van der Waals surface area contributed by atoms with Crippen LogP contribution in [0.2, 0.25) is 0 Å². The molecular formula is C23H18N2O5. The molecule has 0 radical (unpaired) electrons. The fraction of sp³-hybridized carbons (Fsp3) is 0.130. The van der Waals surface area contributed by atoms with Gasteiger partial charge in [-0.1, -0.05) is 36.4 Å². The van der Waals surface area contributed by atoms with E-state index in [0.717, 1.165) is 0 Å². The second-order valence-corrected chi connectivity index (χ2v) is 6.91. The van der Waals surface area contributed by atoms with Gasteiger partial charge >= 0.3 is 5.97 Å². The molecule has 1 aliphatic heterocycles. The van der Waals surface area contributed by atoms with Crippen LogP contribution in [0.1, 0.15) is 29.8 Å². The number of carbonyl (C=O) groups is 3. The van der Waals surface area contributed by atoms with Gasteiger partial charge < -0.3 is 9.47 Å². The number of esters is 1. The van der Waals surface area contributed by atoms with Crippen molar-refractivity contribution < 1.29 is 23.9 Å². The number of para-hydroxylation sites is 1. The fourth-order valence-corrected chi connectivity index (χ4v) is 3.39. The zero-order valence-corrected chi connectivity index (χ0v) is 16.3. The molecule has 30 heavy (non-hydrogen) atoms. The van der Waals surface area contributed by atoms with Gasteiger partial charge in [-0.05, 0) is 31.2 Å². The Balaban J connectivity index is 1.75. The summed E-state index contributed by atoms with van der Waals surface area (Å²) < 4.78 is 11.1. The van der Waals surface area contributed by atoms with Gasteiger partial charge in [0.05, 0.1) is 5.52 Å². The molecule has 1 aliphatic rings. The van der Waals surface area contributed by atoms with E-state index in [-0.39, 0.29) is 11.6 Å². The number of nitrogens with zero attached hydrogens (tertiary/aromatic N) is 1. The first-order valence-electron chi connectivity index (χ1n) is 9.27. The van der Waals surface area contributed by atoms with Gasteiger partial charge in [0, 0.05) is 29.6 Å². The second-order valence-electron chi connectivity index (χ2n) is 6.91. The predicted octanol–water partition coefficient (Wildman–Crippen LogP) is 3.21. The summed E-state index contributed by atoms with van der Waals surface area (Å²) in [5.41, 5.74) is 0.0911. The molecule has 7 heteroatoms. The van der Waals surface area contributed by atoms with Crippen molar-refractivity contribution in [3.63, 3.8) is 0 Å². The Hall–Kier alpha value is -4.00. The number of hydrogen-bond donors (Lipinski definition) is 1. The molecule has 1 amide bonds. The molecule has 0 fully saturated rings. The molecule has 4 rings (SSSR count). The lowest BCUT2D eigenvalue weighted by Gasteiger charge is -2.25. The van der Waals surface area contributed by atoms with E-state index < -0.39 is 23.3 Å². The minimum atomic E-state index is -1.51. The average Bonchev–Trinajstić information content (AvgIpc) is 2.98. The number of pyridine rings is 1. The molecule has 3 aromatic rings. The molecule has 0 saturated carbocycles. The summed E-state index contributed by atoms with van der Waals surface area (Å²) in [6.45, 7) is 2.75. The first-order chi connectivity index (χ1) is 14.4. The van der Waals surface area contributed by atoms with Crippen LogP contribution in [0, 0.1) is 0 Å². The van der Waals surface area contributed by atoms with Crippen molar-refractivity contribution in [3.8, 4) is 0 Å². The van der Waals surface area contributed by atoms with Crippen molar-refractivity contribution in [2.24, 2.45) is 0 Å². The molecule has 0 aliphatic carbocycles. The van der Waals surface area contributed by atoms with Gasteiger partial charge in [0.25, 0.3) is 11.7 Å². The number of ketones is 1. The molecule has 0 bridgehead atoms. The van der Waals surface area contributed by atoms with Crippen molar-refractivity contribution in [1.29, 1.82) is 0 Å². The fourth-order valence-electron chi connectivity index (χ4n) is 3.39. The van der Waals surface area contributed by atoms with E-state index >= 15 is 0 Å². The highest BCUT2D eigenvalue weighted by Crippen LogP contribution is 2.40. The maximum Gasteiger partial charge on any atom is 0.308 e. The highest BCUT2D eigenvalue weighted by molar-refractivity contribution is 6.07. The molecule has 1 unspecified atom stereocenters. The van der Waals surface area contributed by atoms with E-state index in [1.807, 2.05) is 24.3 Å². The lowest BCUT2D eigenvalue weighted by molar-refractivity contribution is -0.142. The first-order valence-corrected chi connectivity index (χ1v) is 9.27. The monoisotopic (exact) mass is 402 g/mol. The van der Waals surface area contributed by atoms with Crippen molar-refractivity contribution in [2.45, 2.75) is 19.4 Å². The largest absolute Gasteiger partial charge is 0.456 e. The lowest BCUT2D eigenvalue weighted by atomic mass is 9.89. The van der Waals surface area contributed by atoms with Gasteiger partial charge in [-0.3, -0.25) is 24.7 Å². The maximum atomic E-state index is 13.3. The number of ether oxygens (including phenoxy) is 2. The number of Topliss-reactive ketones (excluding diaryl/α,β-unsaturated/α-hetero) is 1. The summed E-state index contributed by atoms with van der Waals surface area (Å²) in [6, 6.07) is 17.4. The molecule has 2 heterocycles. The third-order valence-corrected chi connectivity index (χ3v) is 4.82. The molecule has 1 aromatic heterocycles. The Bertz CT molecular complexity index is 1200. The number of amides is 1. The van der Waals surface area contributed by atoms with Gasteiger partial charge in [0.2, 0.25) is 11.6 Å². The minimum absolute atomic E-state index is 0.201. The third-order valence-electron chi connectivity index (χ3n) is 4.82. The number of hydrogen-bond acceptors (Lipinski definition) is 6. The quantitative estimate of drug-likeness (QED) is 0.674. The van der Waals surface area contributed by atoms with E-state index in [1.54, 1.807) is 49.5 Å². The molecule has 1 atom stereocenters. The Morgan fingerprint density at radius 3 is 2.47 bits per heavy atom.